The zero-order valence-electron chi connectivity index (χ0n) is 12.2. The van der Waals surface area contributed by atoms with Gasteiger partial charge in [0.15, 0.2) is 0 Å². The second-order valence-corrected chi connectivity index (χ2v) is 8.07. The Morgan fingerprint density at radius 2 is 2.05 bits per heavy atom. The molecule has 1 nitrogen and oxygen atoms in total. The van der Waals surface area contributed by atoms with Crippen LogP contribution in [0.25, 0.3) is 0 Å². The van der Waals surface area contributed by atoms with Crippen LogP contribution in [-0.2, 0) is 4.79 Å². The van der Waals surface area contributed by atoms with Gasteiger partial charge < -0.3 is 0 Å². The van der Waals surface area contributed by atoms with E-state index >= 15 is 0 Å². The van der Waals surface area contributed by atoms with Crippen molar-refractivity contribution in [2.75, 3.05) is 0 Å². The summed E-state index contributed by atoms with van der Waals surface area (Å²) in [7, 11) is 0. The molecule has 3 saturated carbocycles. The van der Waals surface area contributed by atoms with Crippen molar-refractivity contribution in [3.8, 4) is 0 Å². The van der Waals surface area contributed by atoms with Gasteiger partial charge in [0.25, 0.3) is 0 Å². The summed E-state index contributed by atoms with van der Waals surface area (Å²) >= 11 is 0. The van der Waals surface area contributed by atoms with Crippen LogP contribution in [0, 0.1) is 29.1 Å². The van der Waals surface area contributed by atoms with E-state index in [-0.39, 0.29) is 0 Å². The van der Waals surface area contributed by atoms with Crippen molar-refractivity contribution < 1.29 is 4.79 Å². The van der Waals surface area contributed by atoms with Crippen molar-refractivity contribution in [2.45, 2.75) is 57.8 Å². The number of allylic oxidation sites excluding steroid dienone is 4. The Morgan fingerprint density at radius 1 is 1.15 bits per heavy atom. The van der Waals surface area contributed by atoms with E-state index in [4.69, 9.17) is 0 Å². The van der Waals surface area contributed by atoms with Crippen molar-refractivity contribution in [2.24, 2.45) is 29.1 Å². The average Bonchev–Trinajstić information content (AvgIpc) is 3.05. The highest BCUT2D eigenvalue weighted by Crippen LogP contribution is 2.67. The number of hydrogen-bond acceptors (Lipinski definition) is 1. The van der Waals surface area contributed by atoms with Crippen LogP contribution in [0.2, 0.25) is 0 Å². The zero-order chi connectivity index (χ0) is 13.3. The topological polar surface area (TPSA) is 17.1 Å². The Hall–Kier alpha value is -0.850. The van der Waals surface area contributed by atoms with Crippen LogP contribution in [0.15, 0.2) is 23.3 Å². The highest BCUT2D eigenvalue weighted by atomic mass is 16.1. The Kier molecular flexibility index (Phi) is 2.28. The van der Waals surface area contributed by atoms with Gasteiger partial charge in [0, 0.05) is 12.8 Å². The van der Waals surface area contributed by atoms with Crippen LogP contribution in [0.3, 0.4) is 0 Å². The maximum Gasteiger partial charge on any atom is 0.133 e. The lowest BCUT2D eigenvalue weighted by Crippen LogP contribution is -2.38. The van der Waals surface area contributed by atoms with E-state index in [1.54, 1.807) is 11.1 Å². The van der Waals surface area contributed by atoms with Gasteiger partial charge in [-0.25, -0.2) is 0 Å². The minimum atomic E-state index is 0.530. The summed E-state index contributed by atoms with van der Waals surface area (Å²) in [6, 6.07) is 0. The second kappa shape index (κ2) is 3.87. The molecule has 0 bridgehead atoms. The van der Waals surface area contributed by atoms with Gasteiger partial charge in [0.05, 0.1) is 0 Å². The Bertz CT molecular complexity index is 534. The van der Waals surface area contributed by atoms with Gasteiger partial charge in [-0.2, -0.15) is 0 Å². The smallest absolute Gasteiger partial charge is 0.133 e. The highest BCUT2D eigenvalue weighted by Gasteiger charge is 2.57. The molecule has 0 aromatic carbocycles. The van der Waals surface area contributed by atoms with Gasteiger partial charge >= 0.3 is 0 Å². The van der Waals surface area contributed by atoms with Crippen molar-refractivity contribution in [3.63, 3.8) is 0 Å². The molecule has 4 atom stereocenters. The minimum Gasteiger partial charge on any atom is -0.300 e. The number of carbonyl (C=O) groups excluding carboxylic acids is 1. The van der Waals surface area contributed by atoms with Crippen molar-refractivity contribution >= 4 is 5.78 Å². The lowest BCUT2D eigenvalue weighted by Gasteiger charge is -2.46. The minimum absolute atomic E-state index is 0.530. The molecule has 3 fully saturated rings. The molecule has 1 heteroatoms. The summed E-state index contributed by atoms with van der Waals surface area (Å²) in [5, 5.41) is 0. The fourth-order valence-electron chi connectivity index (χ4n) is 6.07. The van der Waals surface area contributed by atoms with Gasteiger partial charge in [0.1, 0.15) is 5.78 Å². The molecule has 0 aromatic rings. The fourth-order valence-corrected chi connectivity index (χ4v) is 6.07. The predicted molar refractivity (Wildman–Crippen MR) is 79.1 cm³/mol. The van der Waals surface area contributed by atoms with Crippen molar-refractivity contribution in [3.05, 3.63) is 23.3 Å². The van der Waals surface area contributed by atoms with Gasteiger partial charge in [0.2, 0.25) is 0 Å². The van der Waals surface area contributed by atoms with Gasteiger partial charge in [-0.15, -0.1) is 0 Å². The standard InChI is InChI=1S/C19H24O/c20-13-5-7-16-15-6-4-12-2-1-3-14(12)17(15)11-19(8-9-19)18(16)10-13/h4,6,12,14,17-18H,1-3,5,7-11H2. The maximum absolute atomic E-state index is 11.9. The number of ketones is 1. The average molecular weight is 268 g/mol. The van der Waals surface area contributed by atoms with Crippen molar-refractivity contribution in [1.82, 2.24) is 0 Å². The van der Waals surface area contributed by atoms with E-state index in [9.17, 15) is 4.79 Å². The summed E-state index contributed by atoms with van der Waals surface area (Å²) in [5.41, 5.74) is 3.99. The Balaban J connectivity index is 1.62. The summed E-state index contributed by atoms with van der Waals surface area (Å²) in [6.45, 7) is 0. The lowest BCUT2D eigenvalue weighted by atomic mass is 9.58. The zero-order valence-corrected chi connectivity index (χ0v) is 12.2. The molecule has 106 valence electrons. The molecule has 0 saturated heterocycles. The molecule has 4 unspecified atom stereocenters. The van der Waals surface area contributed by atoms with E-state index in [0.29, 0.717) is 17.1 Å². The molecular weight excluding hydrogens is 244 g/mol. The maximum atomic E-state index is 11.9. The van der Waals surface area contributed by atoms with Crippen LogP contribution >= 0.6 is 0 Å². The molecule has 5 rings (SSSR count). The van der Waals surface area contributed by atoms with Gasteiger partial charge in [-0.1, -0.05) is 24.1 Å². The Labute approximate surface area is 121 Å². The SMILES string of the molecule is O=C1CCC2=C3C=CC4CCCC4C3CC3(CC3)C2C1. The van der Waals surface area contributed by atoms with E-state index in [0.717, 1.165) is 37.0 Å². The van der Waals surface area contributed by atoms with E-state index in [2.05, 4.69) is 12.2 Å². The van der Waals surface area contributed by atoms with Gasteiger partial charge in [-0.3, -0.25) is 4.79 Å². The predicted octanol–water partition coefficient (Wildman–Crippen LogP) is 4.44. The van der Waals surface area contributed by atoms with E-state index < -0.39 is 0 Å². The van der Waals surface area contributed by atoms with E-state index in [1.807, 2.05) is 0 Å². The molecule has 0 radical (unpaired) electrons. The molecule has 0 N–H and O–H groups in total. The second-order valence-electron chi connectivity index (χ2n) is 8.07. The first-order valence-corrected chi connectivity index (χ1v) is 8.70. The first kappa shape index (κ1) is 11.8. The molecule has 20 heavy (non-hydrogen) atoms. The first-order valence-electron chi connectivity index (χ1n) is 8.70. The number of fused-ring (bicyclic) bond motifs is 5. The van der Waals surface area contributed by atoms with Crippen LogP contribution in [-0.4, -0.2) is 5.78 Å². The quantitative estimate of drug-likeness (QED) is 0.635. The number of rotatable bonds is 0. The molecular formula is C19H24O. The van der Waals surface area contributed by atoms with Gasteiger partial charge in [-0.05, 0) is 73.2 Å². The summed E-state index contributed by atoms with van der Waals surface area (Å²) in [6.07, 6.45) is 16.3. The highest BCUT2D eigenvalue weighted by molar-refractivity contribution is 5.81. The largest absolute Gasteiger partial charge is 0.300 e. The summed E-state index contributed by atoms with van der Waals surface area (Å²) < 4.78 is 0. The molecule has 1 spiro atoms. The molecule has 0 heterocycles. The third kappa shape index (κ3) is 1.47. The Morgan fingerprint density at radius 3 is 2.90 bits per heavy atom. The molecule has 5 aliphatic rings. The molecule has 0 amide bonds. The molecule has 0 aliphatic heterocycles. The molecule has 0 aromatic heterocycles. The van der Waals surface area contributed by atoms with E-state index in [1.165, 1.54) is 38.5 Å². The van der Waals surface area contributed by atoms with Crippen LogP contribution in [0.5, 0.6) is 0 Å². The van der Waals surface area contributed by atoms with Crippen LogP contribution in [0.4, 0.5) is 0 Å². The third-order valence-corrected chi connectivity index (χ3v) is 7.22. The molecule has 5 aliphatic carbocycles. The third-order valence-electron chi connectivity index (χ3n) is 7.22. The van der Waals surface area contributed by atoms with Crippen LogP contribution in [0.1, 0.15) is 57.8 Å². The normalized spacial score (nSPS) is 44.3. The van der Waals surface area contributed by atoms with Crippen molar-refractivity contribution in [1.29, 1.82) is 0 Å². The first-order chi connectivity index (χ1) is 9.77. The fraction of sp³-hybridized carbons (Fsp3) is 0.737. The van der Waals surface area contributed by atoms with Crippen LogP contribution < -0.4 is 0 Å². The lowest BCUT2D eigenvalue weighted by molar-refractivity contribution is -0.121. The number of Topliss-reactive ketones (excluding diaryl/α,β-unsaturated/α-hetero) is 1. The monoisotopic (exact) mass is 268 g/mol. The summed E-state index contributed by atoms with van der Waals surface area (Å²) in [5.74, 6) is 3.84. The number of carbonyl (C=O) groups is 1. The number of hydrogen-bond donors (Lipinski definition) is 0. The summed E-state index contributed by atoms with van der Waals surface area (Å²) in [4.78, 5) is 11.9.